The second-order valence-corrected chi connectivity index (χ2v) is 25.1. The van der Waals surface area contributed by atoms with Crippen molar-refractivity contribution in [1.82, 2.24) is 24.7 Å². The van der Waals surface area contributed by atoms with Crippen LogP contribution in [0.15, 0.2) is 152 Å². The van der Waals surface area contributed by atoms with Gasteiger partial charge in [0.05, 0.1) is 30.9 Å². The fraction of sp³-hybridized carbons (Fsp3) is 0.521. The molecule has 9 heteroatoms. The van der Waals surface area contributed by atoms with Gasteiger partial charge in [-0.25, -0.2) is 0 Å². The van der Waals surface area contributed by atoms with Gasteiger partial charge >= 0.3 is 0 Å². The summed E-state index contributed by atoms with van der Waals surface area (Å²) >= 11 is 0. The van der Waals surface area contributed by atoms with Gasteiger partial charge in [0, 0.05) is 70.1 Å². The highest BCUT2D eigenvalue weighted by Gasteiger charge is 2.31. The maximum absolute atomic E-state index is 9.24. The lowest BCUT2D eigenvalue weighted by Gasteiger charge is -2.37. The summed E-state index contributed by atoms with van der Waals surface area (Å²) in [5.74, 6) is 7.10. The van der Waals surface area contributed by atoms with Crippen LogP contribution < -0.4 is 14.2 Å². The number of aromatic nitrogens is 2. The Hall–Kier alpha value is -6.05. The number of hydrogen-bond acceptors (Lipinski definition) is 9. The van der Waals surface area contributed by atoms with Gasteiger partial charge in [-0.15, -0.1) is 0 Å². The number of benzene rings is 4. The highest BCUT2D eigenvalue weighted by molar-refractivity contribution is 5.29. The molecule has 0 N–H and O–H groups in total. The van der Waals surface area contributed by atoms with Crippen molar-refractivity contribution in [3.63, 3.8) is 0 Å². The first-order valence-electron chi connectivity index (χ1n) is 31.3. The summed E-state index contributed by atoms with van der Waals surface area (Å²) in [5.41, 5.74) is 7.72. The lowest BCUT2D eigenvalue weighted by Crippen LogP contribution is -2.38. The number of aryl methyl sites for hydroxylation is 3. The third kappa shape index (κ3) is 22.3. The van der Waals surface area contributed by atoms with Crippen molar-refractivity contribution in [2.24, 2.45) is 35.5 Å². The minimum absolute atomic E-state index is 0.299. The first-order chi connectivity index (χ1) is 39.7. The molecule has 0 amide bonds. The number of pyridine rings is 2. The molecule has 0 saturated heterocycles. The van der Waals surface area contributed by atoms with Crippen LogP contribution in [-0.4, -0.2) is 82.2 Å². The van der Waals surface area contributed by atoms with E-state index in [1.165, 1.54) is 97.6 Å². The van der Waals surface area contributed by atoms with E-state index in [1.807, 2.05) is 36.9 Å². The Morgan fingerprint density at radius 3 is 1.29 bits per heavy atom. The average molecular weight is 1110 g/mol. The van der Waals surface area contributed by atoms with Crippen molar-refractivity contribution >= 4 is 0 Å². The Labute approximate surface area is 495 Å². The van der Waals surface area contributed by atoms with Crippen LogP contribution in [0.3, 0.4) is 0 Å². The summed E-state index contributed by atoms with van der Waals surface area (Å²) in [6.45, 7) is 24.7. The molecule has 2 aromatic heterocycles. The smallest absolute Gasteiger partial charge is 0.119 e. The zero-order valence-electron chi connectivity index (χ0n) is 51.6. The maximum Gasteiger partial charge on any atom is 0.119 e. The molecule has 6 aromatic rings. The van der Waals surface area contributed by atoms with E-state index in [0.717, 1.165) is 81.2 Å². The van der Waals surface area contributed by atoms with E-state index in [9.17, 15) is 5.26 Å². The molecule has 3 aliphatic rings. The third-order valence-corrected chi connectivity index (χ3v) is 17.6. The van der Waals surface area contributed by atoms with Crippen molar-refractivity contribution < 1.29 is 14.2 Å². The van der Waals surface area contributed by atoms with Crippen LogP contribution in [0.5, 0.6) is 17.2 Å². The molecule has 3 fully saturated rings. The van der Waals surface area contributed by atoms with Gasteiger partial charge in [0.2, 0.25) is 0 Å². The maximum atomic E-state index is 9.24. The van der Waals surface area contributed by atoms with Gasteiger partial charge in [-0.1, -0.05) is 87.5 Å². The first kappa shape index (κ1) is 63.5. The van der Waals surface area contributed by atoms with Crippen LogP contribution >= 0.6 is 0 Å². The summed E-state index contributed by atoms with van der Waals surface area (Å²) in [6.07, 6.45) is 23.1. The van der Waals surface area contributed by atoms with Crippen LogP contribution in [0.2, 0.25) is 0 Å². The Balaban J connectivity index is 0.000000177. The van der Waals surface area contributed by atoms with Crippen molar-refractivity contribution in [3.8, 4) is 23.3 Å². The van der Waals surface area contributed by atoms with Gasteiger partial charge in [0.25, 0.3) is 0 Å². The highest BCUT2D eigenvalue weighted by Crippen LogP contribution is 2.36. The predicted octanol–water partition coefficient (Wildman–Crippen LogP) is 16.6. The van der Waals surface area contributed by atoms with Crippen LogP contribution in [0, 0.1) is 67.6 Å². The summed E-state index contributed by atoms with van der Waals surface area (Å²) in [6, 6.07) is 47.2. The van der Waals surface area contributed by atoms with Gasteiger partial charge < -0.3 is 19.1 Å². The SMILES string of the molecule is Cc1cccc(O[C@@H]2CCCC([C@H](C)CN(CC#N)Cc3ccncc3)C2)c1.Cc1cccc(O[C@@H]2CCC[C@H](C(C)CN(C)Cc3ccccc3)C2)c1.Cc1cccc(O[C@@H]2CCC[C@H](C(C)CN(Cc3ccncc3)C(C)C)C2)c1. The van der Waals surface area contributed by atoms with Gasteiger partial charge in [-0.2, -0.15) is 5.26 Å². The number of rotatable bonds is 23. The molecule has 9 atom stereocenters. The quantitative estimate of drug-likeness (QED) is 0.0582. The van der Waals surface area contributed by atoms with Gasteiger partial charge in [-0.05, 0) is 248 Å². The zero-order chi connectivity index (χ0) is 58.1. The molecule has 9 rings (SSSR count). The van der Waals surface area contributed by atoms with Crippen LogP contribution in [0.25, 0.3) is 0 Å². The van der Waals surface area contributed by atoms with Crippen LogP contribution in [-0.2, 0) is 19.6 Å². The number of nitrogens with zero attached hydrogens (tertiary/aromatic N) is 6. The summed E-state index contributed by atoms with van der Waals surface area (Å²) in [5, 5.41) is 9.24. The topological polar surface area (TPSA) is 87.0 Å². The van der Waals surface area contributed by atoms with Gasteiger partial charge in [0.1, 0.15) is 17.2 Å². The van der Waals surface area contributed by atoms with E-state index < -0.39 is 0 Å². The lowest BCUT2D eigenvalue weighted by molar-refractivity contribution is 0.0808. The van der Waals surface area contributed by atoms with E-state index in [4.69, 9.17) is 14.2 Å². The van der Waals surface area contributed by atoms with E-state index >= 15 is 0 Å². The van der Waals surface area contributed by atoms with E-state index in [0.29, 0.717) is 54.6 Å². The molecular weight excluding hydrogens is 1010 g/mol. The molecule has 82 heavy (non-hydrogen) atoms. The van der Waals surface area contributed by atoms with Crippen LogP contribution in [0.4, 0.5) is 0 Å². The van der Waals surface area contributed by atoms with E-state index in [-0.39, 0.29) is 0 Å². The Kier molecular flexibility index (Phi) is 26.3. The zero-order valence-corrected chi connectivity index (χ0v) is 51.6. The molecule has 4 aromatic carbocycles. The summed E-state index contributed by atoms with van der Waals surface area (Å²) in [7, 11) is 2.24. The molecule has 2 heterocycles. The van der Waals surface area contributed by atoms with E-state index in [2.05, 4.69) is 208 Å². The Morgan fingerprint density at radius 1 is 0.476 bits per heavy atom. The monoisotopic (exact) mass is 1110 g/mol. The molecule has 0 aliphatic heterocycles. The lowest BCUT2D eigenvalue weighted by atomic mass is 9.79. The molecule has 0 radical (unpaired) electrons. The molecule has 0 bridgehead atoms. The molecule has 9 nitrogen and oxygen atoms in total. The molecule has 440 valence electrons. The standard InChI is InChI=1S/C25H36N2O.C24H31N3O.C24H33NO/c1-19(2)27(18-22-11-13-26-14-12-22)17-21(4)23-8-6-10-25(16-23)28-24-9-5-7-20(3)15-24;1-19-5-3-7-23(15-19)28-24-8-4-6-22(16-24)20(2)17-27(14-11-25)18-21-9-12-26-13-10-21;1-19-9-7-13-23(15-19)26-24-14-8-12-22(16-24)20(2)17-25(3)18-21-10-5-4-6-11-21/h5,7,9,11-15,19,21,23,25H,6,8,10,16-18H2,1-4H3;3,5,7,9-10,12-13,15,20,22,24H,4,6,8,14,16-18H2,1-2H3;4-7,9-11,13,15,20,22,24H,8,12,14,16-18H2,1-3H3/t21?,23-,25+;20-,22?,24-;20?,22-,24+/m010/s1. The van der Waals surface area contributed by atoms with Crippen molar-refractivity contribution in [2.45, 2.75) is 176 Å². The van der Waals surface area contributed by atoms with E-state index in [1.54, 1.807) is 0 Å². The normalized spacial score (nSPS) is 21.0. The van der Waals surface area contributed by atoms with Crippen LogP contribution in [0.1, 0.15) is 145 Å². The molecule has 3 unspecified atom stereocenters. The Morgan fingerprint density at radius 2 is 0.878 bits per heavy atom. The predicted molar refractivity (Wildman–Crippen MR) is 338 cm³/mol. The van der Waals surface area contributed by atoms with Gasteiger partial charge in [-0.3, -0.25) is 19.8 Å². The Bertz CT molecular complexity index is 2750. The summed E-state index contributed by atoms with van der Waals surface area (Å²) < 4.78 is 18.9. The first-order valence-corrected chi connectivity index (χ1v) is 31.3. The number of hydrogen-bond donors (Lipinski definition) is 0. The third-order valence-electron chi connectivity index (χ3n) is 17.6. The second kappa shape index (κ2) is 33.9. The number of nitriles is 1. The molecule has 0 spiro atoms. The average Bonchev–Trinajstić information content (AvgIpc) is 3.56. The fourth-order valence-corrected chi connectivity index (χ4v) is 12.9. The van der Waals surface area contributed by atoms with Crippen molar-refractivity contribution in [1.29, 1.82) is 5.26 Å². The minimum Gasteiger partial charge on any atom is -0.490 e. The second-order valence-electron chi connectivity index (χ2n) is 25.1. The molecule has 3 aliphatic carbocycles. The molecular formula is C73H100N6O3. The van der Waals surface area contributed by atoms with Crippen molar-refractivity contribution in [3.05, 3.63) is 186 Å². The minimum atomic E-state index is 0.299. The highest BCUT2D eigenvalue weighted by atomic mass is 16.5. The van der Waals surface area contributed by atoms with Crippen molar-refractivity contribution in [2.75, 3.05) is 33.2 Å². The number of ether oxygens (including phenoxy) is 3. The summed E-state index contributed by atoms with van der Waals surface area (Å²) in [4.78, 5) is 15.6. The largest absolute Gasteiger partial charge is 0.490 e. The fourth-order valence-electron chi connectivity index (χ4n) is 12.9. The molecule has 3 saturated carbocycles. The van der Waals surface area contributed by atoms with Gasteiger partial charge in [0.15, 0.2) is 0 Å².